The first kappa shape index (κ1) is 20.6. The van der Waals surface area contributed by atoms with Gasteiger partial charge in [0.2, 0.25) is 0 Å². The van der Waals surface area contributed by atoms with Crippen LogP contribution in [0.1, 0.15) is 34.1 Å². The molecule has 1 amide bonds. The number of hydrogen-bond acceptors (Lipinski definition) is 5. The van der Waals surface area contributed by atoms with E-state index in [0.29, 0.717) is 19.7 Å². The van der Waals surface area contributed by atoms with Crippen LogP contribution in [0.5, 0.6) is 17.2 Å². The third-order valence-corrected chi connectivity index (χ3v) is 4.42. The number of halogens is 1. The van der Waals surface area contributed by atoms with Crippen LogP contribution >= 0.6 is 0 Å². The highest BCUT2D eigenvalue weighted by atomic mass is 19.1. The average molecular weight is 403 g/mol. The zero-order valence-electron chi connectivity index (χ0n) is 16.2. The van der Waals surface area contributed by atoms with Crippen molar-refractivity contribution in [2.24, 2.45) is 0 Å². The number of carboxylic acid groups (broad SMARTS) is 1. The molecule has 1 heterocycles. The molecule has 154 valence electrons. The van der Waals surface area contributed by atoms with Gasteiger partial charge in [-0.25, -0.2) is 9.18 Å². The number of carbonyl (C=O) groups excluding carboxylic acids is 1. The molecule has 0 spiro atoms. The normalized spacial score (nSPS) is 14.1. The van der Waals surface area contributed by atoms with Crippen molar-refractivity contribution >= 4 is 11.9 Å². The summed E-state index contributed by atoms with van der Waals surface area (Å²) in [5, 5.41) is 9.32. The Balaban J connectivity index is 1.81. The highest BCUT2D eigenvalue weighted by Crippen LogP contribution is 2.30. The Morgan fingerprint density at radius 2 is 1.86 bits per heavy atom. The first-order valence-corrected chi connectivity index (χ1v) is 9.18. The number of nitrogens with zero attached hydrogens (tertiary/aromatic N) is 1. The predicted octanol–water partition coefficient (Wildman–Crippen LogP) is 3.58. The summed E-state index contributed by atoms with van der Waals surface area (Å²) in [5.74, 6) is -1.87. The molecule has 3 rings (SSSR count). The summed E-state index contributed by atoms with van der Waals surface area (Å²) in [5.41, 5.74) is 0.179. The molecule has 0 aliphatic carbocycles. The molecule has 1 aliphatic heterocycles. The molecule has 0 aromatic heterocycles. The van der Waals surface area contributed by atoms with Crippen molar-refractivity contribution in [1.82, 2.24) is 4.90 Å². The van der Waals surface area contributed by atoms with Gasteiger partial charge in [0.15, 0.2) is 11.6 Å². The van der Waals surface area contributed by atoms with Gasteiger partial charge < -0.3 is 24.2 Å². The van der Waals surface area contributed by atoms with Crippen LogP contribution in [0.2, 0.25) is 0 Å². The van der Waals surface area contributed by atoms with E-state index in [1.54, 1.807) is 11.8 Å². The van der Waals surface area contributed by atoms with Gasteiger partial charge in [0, 0.05) is 31.8 Å². The molecule has 0 unspecified atom stereocenters. The summed E-state index contributed by atoms with van der Waals surface area (Å²) < 4.78 is 30.7. The van der Waals surface area contributed by atoms with E-state index in [2.05, 4.69) is 0 Å². The second-order valence-corrected chi connectivity index (χ2v) is 6.78. The minimum Gasteiger partial charge on any atom is -0.488 e. The maximum absolute atomic E-state index is 14.5. The topological polar surface area (TPSA) is 85.3 Å². The fourth-order valence-corrected chi connectivity index (χ4v) is 2.87. The minimum absolute atomic E-state index is 0.0629. The van der Waals surface area contributed by atoms with E-state index in [9.17, 15) is 19.1 Å². The van der Waals surface area contributed by atoms with Gasteiger partial charge in [-0.1, -0.05) is 0 Å². The molecule has 2 aromatic rings. The molecule has 1 fully saturated rings. The first-order valence-electron chi connectivity index (χ1n) is 9.18. The van der Waals surface area contributed by atoms with Gasteiger partial charge in [0.05, 0.1) is 12.2 Å². The maximum atomic E-state index is 14.5. The lowest BCUT2D eigenvalue weighted by Crippen LogP contribution is -2.42. The number of aromatic carboxylic acids is 1. The van der Waals surface area contributed by atoms with E-state index in [1.807, 2.05) is 0 Å². The Hall–Kier alpha value is -3.13. The summed E-state index contributed by atoms with van der Waals surface area (Å²) in [6, 6.07) is 8.05. The standard InChI is InChI=1S/C21H22FNO6/c1-13(12-27-2)28-16-8-15(21(25)26)9-17(11-16)29-19-5-4-14(10-18(19)22)20(24)23-6-3-7-23/h4-5,8-11,13H,3,6-7,12H2,1-2H3,(H,25,26)/t13-/m0/s1. The van der Waals surface area contributed by atoms with Crippen LogP contribution in [0.15, 0.2) is 36.4 Å². The van der Waals surface area contributed by atoms with Crippen LogP contribution in [0.3, 0.4) is 0 Å². The van der Waals surface area contributed by atoms with Crippen LogP contribution in [-0.4, -0.2) is 54.8 Å². The second kappa shape index (κ2) is 8.91. The fourth-order valence-electron chi connectivity index (χ4n) is 2.87. The van der Waals surface area contributed by atoms with Crippen molar-refractivity contribution in [3.63, 3.8) is 0 Å². The summed E-state index contributed by atoms with van der Waals surface area (Å²) in [6.45, 7) is 3.43. The summed E-state index contributed by atoms with van der Waals surface area (Å²) in [7, 11) is 1.53. The summed E-state index contributed by atoms with van der Waals surface area (Å²) in [6.07, 6.45) is 0.628. The van der Waals surface area contributed by atoms with Crippen LogP contribution in [0.25, 0.3) is 0 Å². The molecule has 0 radical (unpaired) electrons. The molecule has 1 atom stereocenters. The van der Waals surface area contributed by atoms with Crippen molar-refractivity contribution in [3.8, 4) is 17.2 Å². The third kappa shape index (κ3) is 5.03. The SMILES string of the molecule is COC[C@H](C)Oc1cc(Oc2ccc(C(=O)N3CCC3)cc2F)cc(C(=O)O)c1. The van der Waals surface area contributed by atoms with E-state index >= 15 is 0 Å². The van der Waals surface area contributed by atoms with Crippen LogP contribution in [0.4, 0.5) is 4.39 Å². The van der Waals surface area contributed by atoms with Gasteiger partial charge in [-0.05, 0) is 43.7 Å². The molecular formula is C21H22FNO6. The lowest BCUT2D eigenvalue weighted by atomic mass is 10.1. The average Bonchev–Trinajstić information content (AvgIpc) is 2.61. The van der Waals surface area contributed by atoms with Gasteiger partial charge in [0.1, 0.15) is 17.6 Å². The lowest BCUT2D eigenvalue weighted by molar-refractivity contribution is 0.0649. The smallest absolute Gasteiger partial charge is 0.335 e. The first-order chi connectivity index (χ1) is 13.9. The lowest BCUT2D eigenvalue weighted by Gasteiger charge is -2.30. The number of carbonyl (C=O) groups is 2. The van der Waals surface area contributed by atoms with Gasteiger partial charge in [-0.15, -0.1) is 0 Å². The fraction of sp³-hybridized carbons (Fsp3) is 0.333. The largest absolute Gasteiger partial charge is 0.488 e. The highest BCUT2D eigenvalue weighted by Gasteiger charge is 2.22. The van der Waals surface area contributed by atoms with Gasteiger partial charge in [0.25, 0.3) is 5.91 Å². The molecule has 8 heteroatoms. The van der Waals surface area contributed by atoms with Crippen LogP contribution < -0.4 is 9.47 Å². The quantitative estimate of drug-likeness (QED) is 0.725. The van der Waals surface area contributed by atoms with Crippen LogP contribution in [-0.2, 0) is 4.74 Å². The number of methoxy groups -OCH3 is 1. The third-order valence-electron chi connectivity index (χ3n) is 4.42. The van der Waals surface area contributed by atoms with Crippen molar-refractivity contribution in [3.05, 3.63) is 53.3 Å². The number of likely N-dealkylation sites (tertiary alicyclic amines) is 1. The summed E-state index contributed by atoms with van der Waals surface area (Å²) >= 11 is 0. The molecule has 29 heavy (non-hydrogen) atoms. The Bertz CT molecular complexity index is 912. The maximum Gasteiger partial charge on any atom is 0.335 e. The van der Waals surface area contributed by atoms with Gasteiger partial charge in [-0.2, -0.15) is 0 Å². The van der Waals surface area contributed by atoms with Crippen molar-refractivity contribution in [2.45, 2.75) is 19.4 Å². The molecule has 7 nitrogen and oxygen atoms in total. The zero-order valence-corrected chi connectivity index (χ0v) is 16.2. The predicted molar refractivity (Wildman–Crippen MR) is 102 cm³/mol. The van der Waals surface area contributed by atoms with Crippen LogP contribution in [0, 0.1) is 5.82 Å². The molecule has 0 saturated carbocycles. The van der Waals surface area contributed by atoms with Crippen molar-refractivity contribution in [1.29, 1.82) is 0 Å². The Morgan fingerprint density at radius 3 is 2.45 bits per heavy atom. The molecule has 1 N–H and O–H groups in total. The van der Waals surface area contributed by atoms with E-state index in [-0.39, 0.29) is 40.4 Å². The van der Waals surface area contributed by atoms with Crippen molar-refractivity contribution < 1.29 is 33.3 Å². The number of amides is 1. The van der Waals surface area contributed by atoms with Crippen molar-refractivity contribution in [2.75, 3.05) is 26.8 Å². The van der Waals surface area contributed by atoms with E-state index in [0.717, 1.165) is 12.5 Å². The monoisotopic (exact) mass is 403 g/mol. The number of ether oxygens (including phenoxy) is 3. The molecule has 1 saturated heterocycles. The summed E-state index contributed by atoms with van der Waals surface area (Å²) in [4.78, 5) is 25.2. The van der Waals surface area contributed by atoms with E-state index < -0.39 is 11.8 Å². The molecular weight excluding hydrogens is 381 g/mol. The number of benzene rings is 2. The highest BCUT2D eigenvalue weighted by molar-refractivity contribution is 5.94. The Labute approximate surface area is 167 Å². The zero-order chi connectivity index (χ0) is 21.0. The van der Waals surface area contributed by atoms with Gasteiger partial charge in [-0.3, -0.25) is 4.79 Å². The van der Waals surface area contributed by atoms with Gasteiger partial charge >= 0.3 is 5.97 Å². The number of carboxylic acids is 1. The Morgan fingerprint density at radius 1 is 1.14 bits per heavy atom. The molecule has 1 aliphatic rings. The second-order valence-electron chi connectivity index (χ2n) is 6.78. The molecule has 0 bridgehead atoms. The molecule has 2 aromatic carbocycles. The Kier molecular flexibility index (Phi) is 6.33. The van der Waals surface area contributed by atoms with E-state index in [1.165, 1.54) is 37.4 Å². The van der Waals surface area contributed by atoms with E-state index in [4.69, 9.17) is 14.2 Å². The number of rotatable bonds is 8. The number of hydrogen-bond donors (Lipinski definition) is 1. The minimum atomic E-state index is -1.17.